The SMILES string of the molecule is NC(=O)Oc1cc(C(F)(F)F)cc(C(F)(F)F)c1. The van der Waals surface area contributed by atoms with Gasteiger partial charge in [-0.1, -0.05) is 0 Å². The topological polar surface area (TPSA) is 52.3 Å². The second kappa shape index (κ2) is 4.39. The second-order valence-corrected chi connectivity index (χ2v) is 3.16. The van der Waals surface area contributed by atoms with Crippen molar-refractivity contribution >= 4 is 6.09 Å². The molecule has 0 fully saturated rings. The Hall–Kier alpha value is -1.93. The quantitative estimate of drug-likeness (QED) is 0.799. The third-order valence-electron chi connectivity index (χ3n) is 1.78. The van der Waals surface area contributed by atoms with Gasteiger partial charge < -0.3 is 10.5 Å². The molecule has 0 heterocycles. The van der Waals surface area contributed by atoms with E-state index in [1.165, 1.54) is 0 Å². The number of hydrogen-bond donors (Lipinski definition) is 1. The summed E-state index contributed by atoms with van der Waals surface area (Å²) < 4.78 is 78.0. The van der Waals surface area contributed by atoms with Crippen molar-refractivity contribution < 1.29 is 35.9 Å². The molecule has 2 N–H and O–H groups in total. The summed E-state index contributed by atoms with van der Waals surface area (Å²) in [5.74, 6) is -0.926. The lowest BCUT2D eigenvalue weighted by atomic mass is 10.1. The van der Waals surface area contributed by atoms with Crippen LogP contribution in [0, 0.1) is 0 Å². The minimum atomic E-state index is -5.00. The molecule has 0 aromatic heterocycles. The predicted octanol–water partition coefficient (Wildman–Crippen LogP) is 3.18. The van der Waals surface area contributed by atoms with Gasteiger partial charge in [-0.3, -0.25) is 0 Å². The van der Waals surface area contributed by atoms with Gasteiger partial charge in [-0.05, 0) is 18.2 Å². The van der Waals surface area contributed by atoms with Gasteiger partial charge in [-0.15, -0.1) is 0 Å². The summed E-state index contributed by atoms with van der Waals surface area (Å²) in [5.41, 5.74) is 1.34. The molecular weight excluding hydrogens is 268 g/mol. The second-order valence-electron chi connectivity index (χ2n) is 3.16. The average Bonchev–Trinajstić information content (AvgIpc) is 2.13. The zero-order valence-corrected chi connectivity index (χ0v) is 8.39. The molecule has 100 valence electrons. The first kappa shape index (κ1) is 14.1. The maximum absolute atomic E-state index is 12.3. The van der Waals surface area contributed by atoms with E-state index in [-0.39, 0.29) is 18.2 Å². The van der Waals surface area contributed by atoms with E-state index in [0.29, 0.717) is 0 Å². The maximum Gasteiger partial charge on any atom is 0.416 e. The molecule has 1 rings (SSSR count). The number of rotatable bonds is 1. The van der Waals surface area contributed by atoms with Crippen LogP contribution in [0.4, 0.5) is 31.1 Å². The van der Waals surface area contributed by atoms with E-state index in [9.17, 15) is 31.1 Å². The molecule has 0 saturated heterocycles. The number of ether oxygens (including phenoxy) is 1. The van der Waals surface area contributed by atoms with Crippen molar-refractivity contribution in [3.05, 3.63) is 29.3 Å². The molecule has 0 spiro atoms. The van der Waals surface area contributed by atoms with Crippen LogP contribution in [0.25, 0.3) is 0 Å². The number of amides is 1. The first-order valence-electron chi connectivity index (χ1n) is 4.27. The maximum atomic E-state index is 12.3. The molecule has 3 nitrogen and oxygen atoms in total. The van der Waals surface area contributed by atoms with E-state index in [1.807, 2.05) is 0 Å². The van der Waals surface area contributed by atoms with Crippen LogP contribution in [0.5, 0.6) is 5.75 Å². The van der Waals surface area contributed by atoms with Gasteiger partial charge in [-0.25, -0.2) is 4.79 Å². The van der Waals surface area contributed by atoms with Crippen LogP contribution >= 0.6 is 0 Å². The highest BCUT2D eigenvalue weighted by molar-refractivity contribution is 5.68. The molecule has 0 unspecified atom stereocenters. The smallest absolute Gasteiger partial charge is 0.410 e. The van der Waals surface area contributed by atoms with Gasteiger partial charge in [0.15, 0.2) is 0 Å². The molecule has 0 atom stereocenters. The van der Waals surface area contributed by atoms with Crippen LogP contribution in [0.1, 0.15) is 11.1 Å². The van der Waals surface area contributed by atoms with E-state index < -0.39 is 35.3 Å². The molecule has 1 aromatic rings. The number of alkyl halides is 6. The van der Waals surface area contributed by atoms with Crippen molar-refractivity contribution in [1.29, 1.82) is 0 Å². The molecule has 1 amide bonds. The van der Waals surface area contributed by atoms with Crippen LogP contribution in [-0.2, 0) is 12.4 Å². The molecule has 18 heavy (non-hydrogen) atoms. The highest BCUT2D eigenvalue weighted by Crippen LogP contribution is 2.38. The summed E-state index contributed by atoms with van der Waals surface area (Å²) in [5, 5.41) is 0. The summed E-state index contributed by atoms with van der Waals surface area (Å²) in [7, 11) is 0. The Labute approximate surface area is 96.1 Å². The zero-order chi connectivity index (χ0) is 14.1. The van der Waals surface area contributed by atoms with Gasteiger partial charge in [0.05, 0.1) is 11.1 Å². The molecule has 0 aliphatic heterocycles. The van der Waals surface area contributed by atoms with Gasteiger partial charge in [0.1, 0.15) is 5.75 Å². The van der Waals surface area contributed by atoms with Gasteiger partial charge in [0.2, 0.25) is 0 Å². The Morgan fingerprint density at radius 1 is 0.944 bits per heavy atom. The lowest BCUT2D eigenvalue weighted by Crippen LogP contribution is -2.18. The van der Waals surface area contributed by atoms with Crippen LogP contribution < -0.4 is 10.5 Å². The Balaban J connectivity index is 3.34. The molecule has 0 aliphatic carbocycles. The Bertz CT molecular complexity index is 433. The van der Waals surface area contributed by atoms with Crippen LogP contribution in [0.2, 0.25) is 0 Å². The number of nitrogens with two attached hydrogens (primary N) is 1. The number of carbonyl (C=O) groups is 1. The van der Waals surface area contributed by atoms with Gasteiger partial charge in [0, 0.05) is 0 Å². The van der Waals surface area contributed by atoms with Gasteiger partial charge in [0.25, 0.3) is 0 Å². The fraction of sp³-hybridized carbons (Fsp3) is 0.222. The number of halogens is 6. The summed E-state index contributed by atoms with van der Waals surface area (Å²) in [6.07, 6.45) is -11.5. The highest BCUT2D eigenvalue weighted by atomic mass is 19.4. The summed E-state index contributed by atoms with van der Waals surface area (Å²) >= 11 is 0. The van der Waals surface area contributed by atoms with E-state index in [2.05, 4.69) is 10.5 Å². The van der Waals surface area contributed by atoms with E-state index >= 15 is 0 Å². The van der Waals surface area contributed by atoms with Gasteiger partial charge >= 0.3 is 18.4 Å². The number of benzene rings is 1. The number of primary amides is 1. The fourth-order valence-electron chi connectivity index (χ4n) is 1.10. The molecule has 0 saturated carbocycles. The van der Waals surface area contributed by atoms with Crippen LogP contribution in [0.15, 0.2) is 18.2 Å². The normalized spacial score (nSPS) is 12.3. The van der Waals surface area contributed by atoms with Crippen LogP contribution in [0.3, 0.4) is 0 Å². The average molecular weight is 273 g/mol. The van der Waals surface area contributed by atoms with Crippen molar-refractivity contribution in [3.63, 3.8) is 0 Å². The third kappa shape index (κ3) is 3.54. The van der Waals surface area contributed by atoms with E-state index in [1.54, 1.807) is 0 Å². The molecule has 0 aliphatic rings. The molecule has 9 heteroatoms. The predicted molar refractivity (Wildman–Crippen MR) is 46.7 cm³/mol. The monoisotopic (exact) mass is 273 g/mol. The van der Waals surface area contributed by atoms with E-state index in [4.69, 9.17) is 0 Å². The molecule has 1 aromatic carbocycles. The minimum absolute atomic E-state index is 0.0894. The lowest BCUT2D eigenvalue weighted by Gasteiger charge is -2.13. The molecule has 0 radical (unpaired) electrons. The van der Waals surface area contributed by atoms with Crippen molar-refractivity contribution in [2.75, 3.05) is 0 Å². The first-order chi connectivity index (χ1) is 8.00. The summed E-state index contributed by atoms with van der Waals surface area (Å²) in [6.45, 7) is 0. The zero-order valence-electron chi connectivity index (χ0n) is 8.39. The van der Waals surface area contributed by atoms with E-state index in [0.717, 1.165) is 0 Å². The van der Waals surface area contributed by atoms with Crippen molar-refractivity contribution in [2.24, 2.45) is 5.73 Å². The van der Waals surface area contributed by atoms with Crippen molar-refractivity contribution in [2.45, 2.75) is 12.4 Å². The molecule has 0 bridgehead atoms. The highest BCUT2D eigenvalue weighted by Gasteiger charge is 2.37. The first-order valence-corrected chi connectivity index (χ1v) is 4.27. The standard InChI is InChI=1S/C9H5F6NO2/c10-8(11,12)4-1-5(9(13,14)15)3-6(2-4)18-7(16)17/h1-3H,(H2,16,17). The number of carbonyl (C=O) groups excluding carboxylic acids is 1. The van der Waals surface area contributed by atoms with Gasteiger partial charge in [-0.2, -0.15) is 26.3 Å². The number of hydrogen-bond acceptors (Lipinski definition) is 2. The third-order valence-corrected chi connectivity index (χ3v) is 1.78. The summed E-state index contributed by atoms with van der Waals surface area (Å²) in [6, 6.07) is 0.411. The Kier molecular flexibility index (Phi) is 3.45. The largest absolute Gasteiger partial charge is 0.416 e. The molecular formula is C9H5F6NO2. The fourth-order valence-corrected chi connectivity index (χ4v) is 1.10. The Morgan fingerprint density at radius 2 is 1.33 bits per heavy atom. The Morgan fingerprint density at radius 3 is 1.61 bits per heavy atom. The van der Waals surface area contributed by atoms with Crippen molar-refractivity contribution in [3.8, 4) is 5.75 Å². The summed E-state index contributed by atoms with van der Waals surface area (Å²) in [4.78, 5) is 10.3. The minimum Gasteiger partial charge on any atom is -0.410 e. The van der Waals surface area contributed by atoms with Crippen molar-refractivity contribution in [1.82, 2.24) is 0 Å². The van der Waals surface area contributed by atoms with Crippen LogP contribution in [-0.4, -0.2) is 6.09 Å². The lowest BCUT2D eigenvalue weighted by molar-refractivity contribution is -0.143.